The lowest BCUT2D eigenvalue weighted by Gasteiger charge is -2.27. The van der Waals surface area contributed by atoms with E-state index in [4.69, 9.17) is 0 Å². The number of likely N-dealkylation sites (N-methyl/N-ethyl adjacent to an activating group) is 1. The number of rotatable bonds is 6. The highest BCUT2D eigenvalue weighted by atomic mass is 14.9. The van der Waals surface area contributed by atoms with Crippen LogP contribution in [0.25, 0.3) is 0 Å². The molecule has 1 unspecified atom stereocenters. The molecule has 0 heterocycles. The topological polar surface area (TPSA) is 12.0 Å². The van der Waals surface area contributed by atoms with Gasteiger partial charge in [-0.1, -0.05) is 43.2 Å². The van der Waals surface area contributed by atoms with Crippen LogP contribution in [-0.4, -0.2) is 13.1 Å². The Labute approximate surface area is 105 Å². The van der Waals surface area contributed by atoms with Crippen molar-refractivity contribution >= 4 is 0 Å². The van der Waals surface area contributed by atoms with Crippen molar-refractivity contribution < 1.29 is 0 Å². The highest BCUT2D eigenvalue weighted by molar-refractivity contribution is 5.33. The summed E-state index contributed by atoms with van der Waals surface area (Å²) in [7, 11) is 2.14. The molecule has 0 aliphatic heterocycles. The summed E-state index contributed by atoms with van der Waals surface area (Å²) in [5, 5.41) is 3.59. The predicted octanol–water partition coefficient (Wildman–Crippen LogP) is 3.50. The van der Waals surface area contributed by atoms with E-state index < -0.39 is 0 Å². The Morgan fingerprint density at radius 2 is 1.94 bits per heavy atom. The van der Waals surface area contributed by atoms with Gasteiger partial charge < -0.3 is 5.32 Å². The third-order valence-corrected chi connectivity index (χ3v) is 4.71. The van der Waals surface area contributed by atoms with Gasteiger partial charge in [-0.3, -0.25) is 0 Å². The van der Waals surface area contributed by atoms with E-state index in [0.29, 0.717) is 11.5 Å². The average molecular weight is 229 g/mol. The maximum Gasteiger partial charge on any atom is 0.0161 e. The van der Waals surface area contributed by atoms with Crippen LogP contribution in [0, 0.1) is 5.92 Å². The Bertz CT molecular complexity index is 362. The summed E-state index contributed by atoms with van der Waals surface area (Å²) in [6.07, 6.45) is 8.49. The zero-order valence-corrected chi connectivity index (χ0v) is 10.8. The van der Waals surface area contributed by atoms with Gasteiger partial charge in [-0.2, -0.15) is 0 Å². The number of hydrogen-bond donors (Lipinski definition) is 1. The summed E-state index contributed by atoms with van der Waals surface area (Å²) in [4.78, 5) is 0. The second-order valence-electron chi connectivity index (χ2n) is 5.88. The van der Waals surface area contributed by atoms with Crippen LogP contribution in [0.5, 0.6) is 0 Å². The van der Waals surface area contributed by atoms with Crippen LogP contribution in [0.1, 0.15) is 44.1 Å². The molecule has 0 aromatic heterocycles. The fourth-order valence-corrected chi connectivity index (χ4v) is 3.25. The van der Waals surface area contributed by atoms with Gasteiger partial charge in [0.1, 0.15) is 0 Å². The van der Waals surface area contributed by atoms with Gasteiger partial charge in [0.25, 0.3) is 0 Å². The van der Waals surface area contributed by atoms with E-state index in [1.54, 1.807) is 5.56 Å². The molecule has 1 heteroatoms. The Balaban J connectivity index is 1.71. The molecule has 0 saturated heterocycles. The molecule has 1 N–H and O–H groups in total. The van der Waals surface area contributed by atoms with Crippen LogP contribution < -0.4 is 5.32 Å². The quantitative estimate of drug-likeness (QED) is 0.787. The third-order valence-electron chi connectivity index (χ3n) is 4.71. The van der Waals surface area contributed by atoms with Gasteiger partial charge in [0.2, 0.25) is 0 Å². The van der Waals surface area contributed by atoms with E-state index in [1.807, 2.05) is 0 Å². The summed E-state index contributed by atoms with van der Waals surface area (Å²) >= 11 is 0. The van der Waals surface area contributed by atoms with Crippen molar-refractivity contribution in [3.63, 3.8) is 0 Å². The fraction of sp³-hybridized carbons (Fsp3) is 0.625. The van der Waals surface area contributed by atoms with E-state index in [2.05, 4.69) is 42.7 Å². The Morgan fingerprint density at radius 3 is 2.47 bits per heavy atom. The molecule has 2 aliphatic rings. The molecule has 1 nitrogen and oxygen atoms in total. The molecule has 0 amide bonds. The molecule has 2 saturated carbocycles. The van der Waals surface area contributed by atoms with E-state index in [9.17, 15) is 0 Å². The minimum Gasteiger partial charge on any atom is -0.316 e. The molecule has 2 aliphatic carbocycles. The van der Waals surface area contributed by atoms with Gasteiger partial charge >= 0.3 is 0 Å². The van der Waals surface area contributed by atoms with Crippen molar-refractivity contribution in [3.05, 3.63) is 35.9 Å². The lowest BCUT2D eigenvalue weighted by atomic mass is 9.85. The van der Waals surface area contributed by atoms with Crippen LogP contribution in [0.2, 0.25) is 0 Å². The first kappa shape index (κ1) is 11.3. The van der Waals surface area contributed by atoms with Crippen LogP contribution in [0.3, 0.4) is 0 Å². The van der Waals surface area contributed by atoms with Crippen LogP contribution >= 0.6 is 0 Å². The molecule has 17 heavy (non-hydrogen) atoms. The summed E-state index contributed by atoms with van der Waals surface area (Å²) in [6.45, 7) is 0. The summed E-state index contributed by atoms with van der Waals surface area (Å²) in [5.41, 5.74) is 2.01. The molecule has 0 radical (unpaired) electrons. The lowest BCUT2D eigenvalue weighted by Crippen LogP contribution is -2.37. The highest BCUT2D eigenvalue weighted by Crippen LogP contribution is 2.52. The standard InChI is InChI=1S/C16H23N/c1-17-15(10-9-13-7-8-13)16(11-12-16)14-5-3-2-4-6-14/h2-6,13,15,17H,7-12H2,1H3. The SMILES string of the molecule is CNC(CCC1CC1)C1(c2ccccc2)CC1. The smallest absolute Gasteiger partial charge is 0.0161 e. The zero-order chi connectivity index (χ0) is 11.7. The Hall–Kier alpha value is -0.820. The molecule has 3 rings (SSSR count). The van der Waals surface area contributed by atoms with E-state index in [1.165, 1.54) is 38.5 Å². The van der Waals surface area contributed by atoms with Crippen molar-refractivity contribution in [2.75, 3.05) is 7.05 Å². The maximum absolute atomic E-state index is 3.59. The van der Waals surface area contributed by atoms with E-state index in [-0.39, 0.29) is 0 Å². The largest absolute Gasteiger partial charge is 0.316 e. The Kier molecular flexibility index (Phi) is 2.96. The maximum atomic E-state index is 3.59. The minimum atomic E-state index is 0.463. The molecule has 1 aromatic rings. The number of hydrogen-bond acceptors (Lipinski definition) is 1. The molecule has 92 valence electrons. The van der Waals surface area contributed by atoms with Crippen LogP contribution in [0.4, 0.5) is 0 Å². The van der Waals surface area contributed by atoms with Crippen molar-refractivity contribution in [2.45, 2.75) is 50.0 Å². The monoisotopic (exact) mass is 229 g/mol. The van der Waals surface area contributed by atoms with Crippen molar-refractivity contribution in [1.29, 1.82) is 0 Å². The summed E-state index contributed by atoms with van der Waals surface area (Å²) < 4.78 is 0. The van der Waals surface area contributed by atoms with Gasteiger partial charge in [-0.15, -0.1) is 0 Å². The lowest BCUT2D eigenvalue weighted by molar-refractivity contribution is 0.399. The van der Waals surface area contributed by atoms with E-state index >= 15 is 0 Å². The Morgan fingerprint density at radius 1 is 1.24 bits per heavy atom. The second-order valence-corrected chi connectivity index (χ2v) is 5.88. The fourth-order valence-electron chi connectivity index (χ4n) is 3.25. The number of nitrogens with one attached hydrogen (secondary N) is 1. The minimum absolute atomic E-state index is 0.463. The molecule has 0 bridgehead atoms. The van der Waals surface area contributed by atoms with Gasteiger partial charge in [0, 0.05) is 11.5 Å². The van der Waals surface area contributed by atoms with Crippen molar-refractivity contribution in [1.82, 2.24) is 5.32 Å². The normalized spacial score (nSPS) is 23.4. The molecule has 1 aromatic carbocycles. The highest BCUT2D eigenvalue weighted by Gasteiger charge is 2.49. The van der Waals surface area contributed by atoms with Crippen LogP contribution in [-0.2, 0) is 5.41 Å². The number of benzene rings is 1. The third kappa shape index (κ3) is 2.26. The first-order valence-electron chi connectivity index (χ1n) is 7.08. The average Bonchev–Trinajstić information content (AvgIpc) is 3.26. The predicted molar refractivity (Wildman–Crippen MR) is 72.2 cm³/mol. The molecule has 0 spiro atoms. The first-order chi connectivity index (χ1) is 8.35. The molecular weight excluding hydrogens is 206 g/mol. The van der Waals surface area contributed by atoms with Crippen LogP contribution in [0.15, 0.2) is 30.3 Å². The zero-order valence-electron chi connectivity index (χ0n) is 10.8. The second kappa shape index (κ2) is 4.45. The van der Waals surface area contributed by atoms with Gasteiger partial charge in [-0.05, 0) is 44.2 Å². The molecule has 1 atom stereocenters. The summed E-state index contributed by atoms with van der Waals surface area (Å²) in [5.74, 6) is 1.05. The molecular formula is C16H23N. The van der Waals surface area contributed by atoms with Gasteiger partial charge in [-0.25, -0.2) is 0 Å². The summed E-state index contributed by atoms with van der Waals surface area (Å²) in [6, 6.07) is 11.8. The van der Waals surface area contributed by atoms with Crippen molar-refractivity contribution in [3.8, 4) is 0 Å². The van der Waals surface area contributed by atoms with Crippen molar-refractivity contribution in [2.24, 2.45) is 5.92 Å². The first-order valence-corrected chi connectivity index (χ1v) is 7.08. The van der Waals surface area contributed by atoms with Gasteiger partial charge in [0.05, 0.1) is 0 Å². The van der Waals surface area contributed by atoms with Gasteiger partial charge in [0.15, 0.2) is 0 Å². The van der Waals surface area contributed by atoms with E-state index in [0.717, 1.165) is 5.92 Å². The molecule has 2 fully saturated rings.